The van der Waals surface area contributed by atoms with E-state index in [9.17, 15) is 0 Å². The first-order chi connectivity index (χ1) is 8.66. The zero-order valence-electron chi connectivity index (χ0n) is 11.6. The molecule has 1 fully saturated rings. The maximum absolute atomic E-state index is 6.12. The van der Waals surface area contributed by atoms with E-state index in [-0.39, 0.29) is 0 Å². The third-order valence-electron chi connectivity index (χ3n) is 3.75. The van der Waals surface area contributed by atoms with E-state index < -0.39 is 0 Å². The van der Waals surface area contributed by atoms with Crippen LogP contribution in [0.3, 0.4) is 0 Å². The number of hydrogen-bond acceptors (Lipinski definition) is 1. The highest BCUT2D eigenvalue weighted by molar-refractivity contribution is 6.31. The summed E-state index contributed by atoms with van der Waals surface area (Å²) in [5.74, 6) is 0. The Balaban J connectivity index is 1.67. The Kier molecular flexibility index (Phi) is 5.08. The largest absolute Gasteiger partial charge is 0.314 e. The predicted molar refractivity (Wildman–Crippen MR) is 79.5 cm³/mol. The van der Waals surface area contributed by atoms with E-state index in [1.54, 1.807) is 0 Å². The lowest BCUT2D eigenvalue weighted by Gasteiger charge is -2.09. The maximum Gasteiger partial charge on any atom is 0.0438 e. The lowest BCUT2D eigenvalue weighted by molar-refractivity contribution is 0.600. The van der Waals surface area contributed by atoms with E-state index in [0.29, 0.717) is 0 Å². The van der Waals surface area contributed by atoms with Gasteiger partial charge in [0.25, 0.3) is 0 Å². The predicted octanol–water partition coefficient (Wildman–Crippen LogP) is 4.42. The molecule has 100 valence electrons. The van der Waals surface area contributed by atoms with Gasteiger partial charge in [0, 0.05) is 11.1 Å². The fraction of sp³-hybridized carbons (Fsp3) is 0.625. The summed E-state index contributed by atoms with van der Waals surface area (Å²) in [5.41, 5.74) is 4.00. The molecule has 1 aliphatic rings. The zero-order chi connectivity index (χ0) is 13.0. The van der Waals surface area contributed by atoms with Crippen molar-refractivity contribution < 1.29 is 0 Å². The SMILES string of the molecule is Cc1cc(CCCCCNC2CC2)c(C)cc1Cl. The third-order valence-corrected chi connectivity index (χ3v) is 4.16. The second-order valence-corrected chi connectivity index (χ2v) is 5.97. The molecule has 0 radical (unpaired) electrons. The van der Waals surface area contributed by atoms with Crippen molar-refractivity contribution in [3.8, 4) is 0 Å². The molecule has 0 aliphatic heterocycles. The summed E-state index contributed by atoms with van der Waals surface area (Å²) in [6, 6.07) is 5.20. The molecular formula is C16H24ClN. The van der Waals surface area contributed by atoms with Crippen molar-refractivity contribution >= 4 is 11.6 Å². The van der Waals surface area contributed by atoms with Gasteiger partial charge in [0.1, 0.15) is 0 Å². The van der Waals surface area contributed by atoms with Gasteiger partial charge in [-0.05, 0) is 75.3 Å². The van der Waals surface area contributed by atoms with Crippen LogP contribution in [-0.4, -0.2) is 12.6 Å². The number of rotatable bonds is 7. The van der Waals surface area contributed by atoms with Gasteiger partial charge in [-0.3, -0.25) is 0 Å². The summed E-state index contributed by atoms with van der Waals surface area (Å²) < 4.78 is 0. The van der Waals surface area contributed by atoms with Gasteiger partial charge in [-0.15, -0.1) is 0 Å². The fourth-order valence-corrected chi connectivity index (χ4v) is 2.54. The van der Waals surface area contributed by atoms with Gasteiger partial charge >= 0.3 is 0 Å². The van der Waals surface area contributed by atoms with E-state index in [0.717, 1.165) is 11.1 Å². The standard InChI is InChI=1S/C16H24ClN/c1-12-11-16(17)13(2)10-14(12)6-4-3-5-9-18-15-7-8-15/h10-11,15,18H,3-9H2,1-2H3. The molecule has 1 nitrogen and oxygen atoms in total. The summed E-state index contributed by atoms with van der Waals surface area (Å²) >= 11 is 6.12. The second kappa shape index (κ2) is 6.58. The lowest BCUT2D eigenvalue weighted by Crippen LogP contribution is -2.17. The zero-order valence-corrected chi connectivity index (χ0v) is 12.3. The molecule has 1 aliphatic carbocycles. The lowest BCUT2D eigenvalue weighted by atomic mass is 10.00. The first-order valence-corrected chi connectivity index (χ1v) is 7.53. The van der Waals surface area contributed by atoms with Crippen molar-refractivity contribution in [1.29, 1.82) is 0 Å². The monoisotopic (exact) mass is 265 g/mol. The molecule has 0 spiro atoms. The summed E-state index contributed by atoms with van der Waals surface area (Å²) in [6.07, 6.45) is 7.89. The van der Waals surface area contributed by atoms with Crippen molar-refractivity contribution in [2.24, 2.45) is 0 Å². The van der Waals surface area contributed by atoms with Crippen LogP contribution >= 0.6 is 11.6 Å². The first-order valence-electron chi connectivity index (χ1n) is 7.16. The van der Waals surface area contributed by atoms with E-state index in [2.05, 4.69) is 31.3 Å². The van der Waals surface area contributed by atoms with Gasteiger partial charge in [-0.1, -0.05) is 24.1 Å². The number of halogens is 1. The summed E-state index contributed by atoms with van der Waals surface area (Å²) in [4.78, 5) is 0. The van der Waals surface area contributed by atoms with Crippen molar-refractivity contribution in [2.75, 3.05) is 6.54 Å². The Hall–Kier alpha value is -0.530. The van der Waals surface area contributed by atoms with Crippen LogP contribution in [0.1, 0.15) is 48.8 Å². The molecule has 18 heavy (non-hydrogen) atoms. The minimum atomic E-state index is 0.853. The molecule has 0 bridgehead atoms. The number of unbranched alkanes of at least 4 members (excludes halogenated alkanes) is 2. The first kappa shape index (κ1) is 13.9. The Morgan fingerprint density at radius 2 is 1.89 bits per heavy atom. The topological polar surface area (TPSA) is 12.0 Å². The van der Waals surface area contributed by atoms with Crippen LogP contribution in [0.4, 0.5) is 0 Å². The molecular weight excluding hydrogens is 242 g/mol. The molecule has 1 aromatic carbocycles. The average molecular weight is 266 g/mol. The highest BCUT2D eigenvalue weighted by atomic mass is 35.5. The van der Waals surface area contributed by atoms with Crippen LogP contribution in [0, 0.1) is 13.8 Å². The highest BCUT2D eigenvalue weighted by Crippen LogP contribution is 2.22. The molecule has 1 aromatic rings. The molecule has 0 saturated heterocycles. The Labute approximate surface area is 116 Å². The molecule has 0 aromatic heterocycles. The molecule has 0 amide bonds. The van der Waals surface area contributed by atoms with E-state index in [1.807, 2.05) is 0 Å². The van der Waals surface area contributed by atoms with E-state index >= 15 is 0 Å². The van der Waals surface area contributed by atoms with Crippen LogP contribution in [0.25, 0.3) is 0 Å². The Morgan fingerprint density at radius 1 is 1.11 bits per heavy atom. The fourth-order valence-electron chi connectivity index (χ4n) is 2.32. The molecule has 1 N–H and O–H groups in total. The van der Waals surface area contributed by atoms with Crippen molar-refractivity contribution in [1.82, 2.24) is 5.32 Å². The number of aryl methyl sites for hydroxylation is 3. The van der Waals surface area contributed by atoms with Gasteiger partial charge < -0.3 is 5.32 Å². The van der Waals surface area contributed by atoms with Crippen LogP contribution in [0.2, 0.25) is 5.02 Å². The van der Waals surface area contributed by atoms with Crippen molar-refractivity contribution in [3.05, 3.63) is 33.8 Å². The summed E-state index contributed by atoms with van der Waals surface area (Å²) in [7, 11) is 0. The van der Waals surface area contributed by atoms with Gasteiger partial charge in [0.2, 0.25) is 0 Å². The Bertz CT molecular complexity index is 396. The maximum atomic E-state index is 6.12. The minimum absolute atomic E-state index is 0.853. The molecule has 2 heteroatoms. The number of benzene rings is 1. The third kappa shape index (κ3) is 4.29. The average Bonchev–Trinajstić information content (AvgIpc) is 3.13. The summed E-state index contributed by atoms with van der Waals surface area (Å²) in [6.45, 7) is 5.45. The van der Waals surface area contributed by atoms with Crippen LogP contribution in [-0.2, 0) is 6.42 Å². The number of hydrogen-bond donors (Lipinski definition) is 1. The normalized spacial score (nSPS) is 15.1. The number of nitrogens with one attached hydrogen (secondary N) is 1. The highest BCUT2D eigenvalue weighted by Gasteiger charge is 2.19. The minimum Gasteiger partial charge on any atom is -0.314 e. The second-order valence-electron chi connectivity index (χ2n) is 5.57. The van der Waals surface area contributed by atoms with Crippen LogP contribution in [0.15, 0.2) is 12.1 Å². The van der Waals surface area contributed by atoms with Crippen molar-refractivity contribution in [2.45, 2.75) is 58.4 Å². The van der Waals surface area contributed by atoms with Crippen molar-refractivity contribution in [3.63, 3.8) is 0 Å². The van der Waals surface area contributed by atoms with Crippen LogP contribution < -0.4 is 5.32 Å². The molecule has 2 rings (SSSR count). The smallest absolute Gasteiger partial charge is 0.0438 e. The quantitative estimate of drug-likeness (QED) is 0.720. The van der Waals surface area contributed by atoms with Gasteiger partial charge in [-0.2, -0.15) is 0 Å². The molecule has 1 saturated carbocycles. The van der Waals surface area contributed by atoms with Gasteiger partial charge in [0.05, 0.1) is 0 Å². The van der Waals surface area contributed by atoms with Gasteiger partial charge in [0.15, 0.2) is 0 Å². The molecule has 0 atom stereocenters. The summed E-state index contributed by atoms with van der Waals surface area (Å²) in [5, 5.41) is 4.46. The van der Waals surface area contributed by atoms with E-state index in [4.69, 9.17) is 11.6 Å². The van der Waals surface area contributed by atoms with Gasteiger partial charge in [-0.25, -0.2) is 0 Å². The Morgan fingerprint density at radius 3 is 2.61 bits per heavy atom. The van der Waals surface area contributed by atoms with Crippen LogP contribution in [0.5, 0.6) is 0 Å². The molecule has 0 heterocycles. The molecule has 0 unspecified atom stereocenters. The van der Waals surface area contributed by atoms with E-state index in [1.165, 1.54) is 61.8 Å².